The molecule has 1 saturated heterocycles. The third-order valence-corrected chi connectivity index (χ3v) is 5.51. The standard InChI is InChI=1S/C21H35N3O3/c1-5-27-21(26)20-16(3)18(23-17(20)4)10-11-19(25)22-12-8-14-24-13-7-6-9-15(24)2/h15,23H,5-14H2,1-4H3,(H,22,25)/t15-/m0/s1. The lowest BCUT2D eigenvalue weighted by atomic mass is 10.0. The number of aromatic nitrogens is 1. The van der Waals surface area contributed by atoms with E-state index in [9.17, 15) is 9.59 Å². The minimum Gasteiger partial charge on any atom is -0.462 e. The Labute approximate surface area is 163 Å². The van der Waals surface area contributed by atoms with Crippen LogP contribution < -0.4 is 5.32 Å². The quantitative estimate of drug-likeness (QED) is 0.512. The number of hydrogen-bond acceptors (Lipinski definition) is 4. The first-order chi connectivity index (χ1) is 12.9. The molecule has 6 nitrogen and oxygen atoms in total. The van der Waals surface area contributed by atoms with Crippen molar-refractivity contribution in [3.8, 4) is 0 Å². The lowest BCUT2D eigenvalue weighted by Crippen LogP contribution is -2.39. The molecule has 1 amide bonds. The molecule has 2 rings (SSSR count). The van der Waals surface area contributed by atoms with E-state index in [1.54, 1.807) is 6.92 Å². The molecule has 0 aliphatic carbocycles. The van der Waals surface area contributed by atoms with Crippen LogP contribution in [0.15, 0.2) is 0 Å². The molecule has 1 fully saturated rings. The number of ether oxygens (including phenoxy) is 1. The summed E-state index contributed by atoms with van der Waals surface area (Å²) >= 11 is 0. The topological polar surface area (TPSA) is 74.4 Å². The zero-order chi connectivity index (χ0) is 19.8. The SMILES string of the molecule is CCOC(=O)c1c(C)[nH]c(CCC(=O)NCCCN2CCCC[C@@H]2C)c1C. The minimum atomic E-state index is -0.300. The summed E-state index contributed by atoms with van der Waals surface area (Å²) in [6.45, 7) is 11.2. The van der Waals surface area contributed by atoms with E-state index in [0.717, 1.165) is 36.5 Å². The highest BCUT2D eigenvalue weighted by atomic mass is 16.5. The number of amides is 1. The number of piperidine rings is 1. The van der Waals surface area contributed by atoms with E-state index < -0.39 is 0 Å². The number of esters is 1. The van der Waals surface area contributed by atoms with Gasteiger partial charge < -0.3 is 19.9 Å². The smallest absolute Gasteiger partial charge is 0.340 e. The largest absolute Gasteiger partial charge is 0.462 e. The minimum absolute atomic E-state index is 0.0611. The number of likely N-dealkylation sites (tertiary alicyclic amines) is 1. The number of aryl methyl sites for hydroxylation is 2. The normalized spacial score (nSPS) is 17.7. The first kappa shape index (κ1) is 21.5. The highest BCUT2D eigenvalue weighted by molar-refractivity contribution is 5.92. The van der Waals surface area contributed by atoms with Gasteiger partial charge in [0.15, 0.2) is 0 Å². The van der Waals surface area contributed by atoms with Gasteiger partial charge in [0.05, 0.1) is 12.2 Å². The summed E-state index contributed by atoms with van der Waals surface area (Å²) in [7, 11) is 0. The molecule has 1 aliphatic rings. The molecule has 0 bridgehead atoms. The molecule has 0 unspecified atom stereocenters. The molecule has 0 aromatic carbocycles. The van der Waals surface area contributed by atoms with Crippen LogP contribution in [0.3, 0.4) is 0 Å². The van der Waals surface area contributed by atoms with E-state index in [0.29, 0.717) is 31.1 Å². The third-order valence-electron chi connectivity index (χ3n) is 5.51. The van der Waals surface area contributed by atoms with Crippen molar-refractivity contribution < 1.29 is 14.3 Å². The van der Waals surface area contributed by atoms with Crippen molar-refractivity contribution in [2.75, 3.05) is 26.2 Å². The average Bonchev–Trinajstić information content (AvgIpc) is 2.92. The number of aromatic amines is 1. The van der Waals surface area contributed by atoms with Crippen molar-refractivity contribution in [1.82, 2.24) is 15.2 Å². The maximum Gasteiger partial charge on any atom is 0.340 e. The predicted octanol–water partition coefficient (Wildman–Crippen LogP) is 3.12. The van der Waals surface area contributed by atoms with Crippen LogP contribution in [0.4, 0.5) is 0 Å². The Hall–Kier alpha value is -1.82. The van der Waals surface area contributed by atoms with Gasteiger partial charge in [-0.3, -0.25) is 4.79 Å². The molecular formula is C21H35N3O3. The van der Waals surface area contributed by atoms with Gasteiger partial charge in [-0.25, -0.2) is 4.79 Å². The van der Waals surface area contributed by atoms with Crippen molar-refractivity contribution in [2.24, 2.45) is 0 Å². The highest BCUT2D eigenvalue weighted by Gasteiger charge is 2.20. The molecule has 0 saturated carbocycles. The van der Waals surface area contributed by atoms with E-state index in [4.69, 9.17) is 4.74 Å². The zero-order valence-electron chi connectivity index (χ0n) is 17.3. The van der Waals surface area contributed by atoms with Crippen LogP contribution in [0.2, 0.25) is 0 Å². The highest BCUT2D eigenvalue weighted by Crippen LogP contribution is 2.20. The van der Waals surface area contributed by atoms with Crippen molar-refractivity contribution in [3.63, 3.8) is 0 Å². The summed E-state index contributed by atoms with van der Waals surface area (Å²) in [5, 5.41) is 3.02. The molecule has 1 aliphatic heterocycles. The fourth-order valence-electron chi connectivity index (χ4n) is 3.90. The van der Waals surface area contributed by atoms with Gasteiger partial charge in [-0.2, -0.15) is 0 Å². The monoisotopic (exact) mass is 377 g/mol. The van der Waals surface area contributed by atoms with Gasteiger partial charge in [-0.1, -0.05) is 6.42 Å². The van der Waals surface area contributed by atoms with Crippen LogP contribution in [0.25, 0.3) is 0 Å². The third kappa shape index (κ3) is 6.09. The van der Waals surface area contributed by atoms with Crippen LogP contribution in [0, 0.1) is 13.8 Å². The second-order valence-electron chi connectivity index (χ2n) is 7.53. The van der Waals surface area contributed by atoms with Crippen molar-refractivity contribution in [2.45, 2.75) is 72.3 Å². The Morgan fingerprint density at radius 2 is 2.07 bits per heavy atom. The molecule has 1 atom stereocenters. The lowest BCUT2D eigenvalue weighted by Gasteiger charge is -2.33. The van der Waals surface area contributed by atoms with Gasteiger partial charge in [-0.05, 0) is 65.5 Å². The fraction of sp³-hybridized carbons (Fsp3) is 0.714. The zero-order valence-corrected chi connectivity index (χ0v) is 17.3. The summed E-state index contributed by atoms with van der Waals surface area (Å²) in [5.41, 5.74) is 3.23. The summed E-state index contributed by atoms with van der Waals surface area (Å²) in [5.74, 6) is -0.238. The number of H-pyrrole nitrogens is 1. The summed E-state index contributed by atoms with van der Waals surface area (Å²) in [6, 6.07) is 0.669. The van der Waals surface area contributed by atoms with E-state index in [1.165, 1.54) is 25.8 Å². The predicted molar refractivity (Wildman–Crippen MR) is 107 cm³/mol. The number of nitrogens with zero attached hydrogens (tertiary/aromatic N) is 1. The second-order valence-corrected chi connectivity index (χ2v) is 7.53. The molecule has 1 aromatic rings. The summed E-state index contributed by atoms with van der Waals surface area (Å²) in [6.07, 6.45) is 5.92. The fourth-order valence-corrected chi connectivity index (χ4v) is 3.90. The van der Waals surface area contributed by atoms with Crippen LogP contribution in [0.1, 0.15) is 73.3 Å². The Balaban J connectivity index is 1.72. The van der Waals surface area contributed by atoms with Gasteiger partial charge in [0.25, 0.3) is 0 Å². The van der Waals surface area contributed by atoms with Gasteiger partial charge in [-0.15, -0.1) is 0 Å². The van der Waals surface area contributed by atoms with Gasteiger partial charge >= 0.3 is 5.97 Å². The molecule has 2 heterocycles. The Morgan fingerprint density at radius 1 is 1.30 bits per heavy atom. The maximum atomic E-state index is 12.1. The van der Waals surface area contributed by atoms with Crippen LogP contribution in [-0.4, -0.2) is 54.0 Å². The molecule has 2 N–H and O–H groups in total. The number of rotatable bonds is 9. The lowest BCUT2D eigenvalue weighted by molar-refractivity contribution is -0.121. The van der Waals surface area contributed by atoms with E-state index in [2.05, 4.69) is 22.1 Å². The van der Waals surface area contributed by atoms with Gasteiger partial charge in [0, 0.05) is 36.9 Å². The summed E-state index contributed by atoms with van der Waals surface area (Å²) in [4.78, 5) is 29.9. The molecule has 0 spiro atoms. The molecule has 152 valence electrons. The number of hydrogen-bond donors (Lipinski definition) is 2. The Morgan fingerprint density at radius 3 is 2.78 bits per heavy atom. The molecule has 27 heavy (non-hydrogen) atoms. The van der Waals surface area contributed by atoms with E-state index in [1.807, 2.05) is 13.8 Å². The second kappa shape index (κ2) is 10.5. The van der Waals surface area contributed by atoms with Crippen LogP contribution in [0.5, 0.6) is 0 Å². The Bertz CT molecular complexity index is 639. The molecule has 1 aromatic heterocycles. The van der Waals surface area contributed by atoms with Crippen LogP contribution in [-0.2, 0) is 16.0 Å². The molecule has 0 radical (unpaired) electrons. The number of carbonyl (C=O) groups is 2. The van der Waals surface area contributed by atoms with Crippen LogP contribution >= 0.6 is 0 Å². The first-order valence-electron chi connectivity index (χ1n) is 10.3. The van der Waals surface area contributed by atoms with Gasteiger partial charge in [0.1, 0.15) is 0 Å². The maximum absolute atomic E-state index is 12.1. The van der Waals surface area contributed by atoms with Crippen molar-refractivity contribution in [1.29, 1.82) is 0 Å². The Kier molecular flexibility index (Phi) is 8.35. The van der Waals surface area contributed by atoms with Gasteiger partial charge in [0.2, 0.25) is 5.91 Å². The molecular weight excluding hydrogens is 342 g/mol. The van der Waals surface area contributed by atoms with E-state index >= 15 is 0 Å². The molecule has 6 heteroatoms. The van der Waals surface area contributed by atoms with Crippen molar-refractivity contribution >= 4 is 11.9 Å². The summed E-state index contributed by atoms with van der Waals surface area (Å²) < 4.78 is 5.11. The number of carbonyl (C=O) groups excluding carboxylic acids is 2. The average molecular weight is 378 g/mol. The van der Waals surface area contributed by atoms with E-state index in [-0.39, 0.29) is 11.9 Å². The van der Waals surface area contributed by atoms with Crippen molar-refractivity contribution in [3.05, 3.63) is 22.5 Å². The number of nitrogens with one attached hydrogen (secondary N) is 2. The first-order valence-corrected chi connectivity index (χ1v) is 10.3.